The third kappa shape index (κ3) is 8.96. The lowest BCUT2D eigenvalue weighted by Gasteiger charge is -2.23. The van der Waals surface area contributed by atoms with E-state index in [1.807, 2.05) is 7.05 Å². The van der Waals surface area contributed by atoms with E-state index in [-0.39, 0.29) is 18.1 Å². The monoisotopic (exact) mass is 293 g/mol. The fraction of sp³-hybridized carbons (Fsp3) is 0.917. The van der Waals surface area contributed by atoms with Crippen molar-refractivity contribution in [2.24, 2.45) is 5.73 Å². The second-order valence-corrected chi connectivity index (χ2v) is 7.31. The van der Waals surface area contributed by atoms with Crippen LogP contribution in [0.4, 0.5) is 0 Å². The lowest BCUT2D eigenvalue weighted by molar-refractivity contribution is -0.122. The van der Waals surface area contributed by atoms with Gasteiger partial charge in [0.2, 0.25) is 5.91 Å². The van der Waals surface area contributed by atoms with E-state index in [4.69, 9.17) is 5.73 Å². The van der Waals surface area contributed by atoms with E-state index in [1.54, 1.807) is 0 Å². The number of hydrogen-bond donors (Lipinski definition) is 2. The van der Waals surface area contributed by atoms with Gasteiger partial charge in [0.1, 0.15) is 9.84 Å². The summed E-state index contributed by atoms with van der Waals surface area (Å²) in [4.78, 5) is 13.8. The molecule has 0 heterocycles. The maximum Gasteiger partial charge on any atom is 0.236 e. The van der Waals surface area contributed by atoms with Crippen molar-refractivity contribution in [1.82, 2.24) is 10.2 Å². The van der Waals surface area contributed by atoms with Crippen LogP contribution in [0.15, 0.2) is 0 Å². The summed E-state index contributed by atoms with van der Waals surface area (Å²) >= 11 is 0. The van der Waals surface area contributed by atoms with Crippen LogP contribution in [0.3, 0.4) is 0 Å². The molecule has 114 valence electrons. The fourth-order valence-electron chi connectivity index (χ4n) is 1.49. The molecule has 0 bridgehead atoms. The third-order valence-electron chi connectivity index (χ3n) is 3.24. The Morgan fingerprint density at radius 1 is 1.42 bits per heavy atom. The molecule has 0 rings (SSSR count). The molecule has 1 amide bonds. The zero-order chi connectivity index (χ0) is 15.1. The summed E-state index contributed by atoms with van der Waals surface area (Å²) in [6.45, 7) is 5.51. The van der Waals surface area contributed by atoms with Gasteiger partial charge < -0.3 is 16.0 Å². The molecule has 0 spiro atoms. The number of rotatable bonds is 9. The van der Waals surface area contributed by atoms with Crippen molar-refractivity contribution >= 4 is 15.7 Å². The normalized spacial score (nSPS) is 15.3. The number of nitrogens with two attached hydrogens (primary N) is 1. The molecule has 0 aliphatic rings. The van der Waals surface area contributed by atoms with Gasteiger partial charge in [0.25, 0.3) is 0 Å². The molecule has 0 aromatic heterocycles. The van der Waals surface area contributed by atoms with E-state index in [2.05, 4.69) is 24.1 Å². The molecule has 0 aliphatic carbocycles. The van der Waals surface area contributed by atoms with Crippen molar-refractivity contribution in [3.05, 3.63) is 0 Å². The SMILES string of the molecule is CCC(C)N(C)CCNC(=O)C(N)CCS(C)(=O)=O. The summed E-state index contributed by atoms with van der Waals surface area (Å²) in [6.07, 6.45) is 2.35. The highest BCUT2D eigenvalue weighted by Gasteiger charge is 2.15. The van der Waals surface area contributed by atoms with Gasteiger partial charge in [0, 0.05) is 25.4 Å². The van der Waals surface area contributed by atoms with Crippen LogP contribution in [0.1, 0.15) is 26.7 Å². The fourth-order valence-corrected chi connectivity index (χ4v) is 2.17. The Morgan fingerprint density at radius 2 is 2.00 bits per heavy atom. The molecule has 19 heavy (non-hydrogen) atoms. The quantitative estimate of drug-likeness (QED) is 0.603. The minimum absolute atomic E-state index is 0.0612. The predicted molar refractivity (Wildman–Crippen MR) is 77.7 cm³/mol. The molecular formula is C12H27N3O3S. The van der Waals surface area contributed by atoms with Crippen LogP contribution in [-0.4, -0.2) is 63.5 Å². The smallest absolute Gasteiger partial charge is 0.236 e. The zero-order valence-corrected chi connectivity index (χ0v) is 13.2. The van der Waals surface area contributed by atoms with Gasteiger partial charge in [-0.2, -0.15) is 0 Å². The van der Waals surface area contributed by atoms with Crippen LogP contribution in [0.2, 0.25) is 0 Å². The highest BCUT2D eigenvalue weighted by molar-refractivity contribution is 7.90. The van der Waals surface area contributed by atoms with Crippen LogP contribution < -0.4 is 11.1 Å². The molecule has 0 saturated carbocycles. The first-order chi connectivity index (χ1) is 8.67. The van der Waals surface area contributed by atoms with E-state index in [0.717, 1.165) is 19.2 Å². The number of carbonyl (C=O) groups excluding carboxylic acids is 1. The Kier molecular flexibility index (Phi) is 8.20. The Balaban J connectivity index is 3.92. The number of amides is 1. The van der Waals surface area contributed by atoms with E-state index in [0.29, 0.717) is 12.6 Å². The molecular weight excluding hydrogens is 266 g/mol. The highest BCUT2D eigenvalue weighted by atomic mass is 32.2. The molecule has 3 N–H and O–H groups in total. The van der Waals surface area contributed by atoms with Gasteiger partial charge in [0.15, 0.2) is 0 Å². The Bertz CT molecular complexity index is 370. The number of likely N-dealkylation sites (N-methyl/N-ethyl adjacent to an activating group) is 1. The molecule has 0 aromatic carbocycles. The summed E-state index contributed by atoms with van der Waals surface area (Å²) in [5.41, 5.74) is 5.64. The first-order valence-corrected chi connectivity index (χ1v) is 8.64. The van der Waals surface area contributed by atoms with Crippen molar-refractivity contribution in [2.45, 2.75) is 38.8 Å². The molecule has 7 heteroatoms. The molecule has 6 nitrogen and oxygen atoms in total. The summed E-state index contributed by atoms with van der Waals surface area (Å²) in [7, 11) is -1.07. The summed E-state index contributed by atoms with van der Waals surface area (Å²) in [5.74, 6) is -0.352. The lowest BCUT2D eigenvalue weighted by atomic mass is 10.2. The van der Waals surface area contributed by atoms with Crippen molar-refractivity contribution in [2.75, 3.05) is 32.1 Å². The number of sulfone groups is 1. The second-order valence-electron chi connectivity index (χ2n) is 5.05. The Morgan fingerprint density at radius 3 is 2.47 bits per heavy atom. The van der Waals surface area contributed by atoms with Crippen molar-refractivity contribution < 1.29 is 13.2 Å². The first-order valence-electron chi connectivity index (χ1n) is 6.58. The molecule has 2 atom stereocenters. The van der Waals surface area contributed by atoms with Crippen LogP contribution in [0.5, 0.6) is 0 Å². The van der Waals surface area contributed by atoms with Gasteiger partial charge in [-0.15, -0.1) is 0 Å². The van der Waals surface area contributed by atoms with Gasteiger partial charge in [-0.05, 0) is 26.8 Å². The Hall–Kier alpha value is -0.660. The van der Waals surface area contributed by atoms with Crippen LogP contribution in [0, 0.1) is 0 Å². The minimum Gasteiger partial charge on any atom is -0.353 e. The zero-order valence-electron chi connectivity index (χ0n) is 12.3. The largest absolute Gasteiger partial charge is 0.353 e. The van der Waals surface area contributed by atoms with Crippen LogP contribution >= 0.6 is 0 Å². The van der Waals surface area contributed by atoms with Crippen molar-refractivity contribution in [3.63, 3.8) is 0 Å². The first kappa shape index (κ1) is 18.3. The molecule has 0 saturated heterocycles. The predicted octanol–water partition coefficient (Wildman–Crippen LogP) is -0.405. The summed E-state index contributed by atoms with van der Waals surface area (Å²) in [5, 5.41) is 2.73. The standard InChI is InChI=1S/C12H27N3O3S/c1-5-10(2)15(3)8-7-14-12(16)11(13)6-9-19(4,17)18/h10-11H,5-9,13H2,1-4H3,(H,14,16). The van der Waals surface area contributed by atoms with Crippen LogP contribution in [-0.2, 0) is 14.6 Å². The van der Waals surface area contributed by atoms with Crippen molar-refractivity contribution in [3.8, 4) is 0 Å². The van der Waals surface area contributed by atoms with E-state index in [1.165, 1.54) is 0 Å². The number of hydrogen-bond acceptors (Lipinski definition) is 5. The maximum atomic E-state index is 11.6. The van der Waals surface area contributed by atoms with Crippen LogP contribution in [0.25, 0.3) is 0 Å². The number of carbonyl (C=O) groups is 1. The van der Waals surface area contributed by atoms with E-state index >= 15 is 0 Å². The molecule has 0 fully saturated rings. The molecule has 0 radical (unpaired) electrons. The third-order valence-corrected chi connectivity index (χ3v) is 4.22. The Labute approximate surface area is 116 Å². The van der Waals surface area contributed by atoms with E-state index in [9.17, 15) is 13.2 Å². The average molecular weight is 293 g/mol. The number of nitrogens with one attached hydrogen (secondary N) is 1. The average Bonchev–Trinajstić information content (AvgIpc) is 2.33. The molecule has 0 aromatic rings. The van der Waals surface area contributed by atoms with E-state index < -0.39 is 15.9 Å². The summed E-state index contributed by atoms with van der Waals surface area (Å²) in [6, 6.07) is -0.292. The van der Waals surface area contributed by atoms with Crippen molar-refractivity contribution in [1.29, 1.82) is 0 Å². The van der Waals surface area contributed by atoms with Gasteiger partial charge >= 0.3 is 0 Å². The van der Waals surface area contributed by atoms with Gasteiger partial charge in [-0.1, -0.05) is 6.92 Å². The lowest BCUT2D eigenvalue weighted by Crippen LogP contribution is -2.44. The van der Waals surface area contributed by atoms with Gasteiger partial charge in [0.05, 0.1) is 11.8 Å². The second kappa shape index (κ2) is 8.50. The highest BCUT2D eigenvalue weighted by Crippen LogP contribution is 1.98. The minimum atomic E-state index is -3.07. The number of nitrogens with zero attached hydrogens (tertiary/aromatic N) is 1. The summed E-state index contributed by atoms with van der Waals surface area (Å²) < 4.78 is 22.0. The van der Waals surface area contributed by atoms with Gasteiger partial charge in [-0.25, -0.2) is 8.42 Å². The molecule has 2 unspecified atom stereocenters. The maximum absolute atomic E-state index is 11.6. The van der Waals surface area contributed by atoms with Gasteiger partial charge in [-0.3, -0.25) is 4.79 Å². The topological polar surface area (TPSA) is 92.5 Å². The molecule has 0 aliphatic heterocycles.